The van der Waals surface area contributed by atoms with Crippen molar-refractivity contribution in [2.24, 2.45) is 10.2 Å². The summed E-state index contributed by atoms with van der Waals surface area (Å²) in [7, 11) is 0. The SMILES string of the molecule is CC(C)c1nc(C(C)C)c(COCc2cc(CN=[N+]=[N-])cc(N=[N+]=[N-])c2)c(-c2ccc(F)cc2)c1/C=C/[C@@H](O)C[C@@H](O)CC(=O)[O-].[Na+]. The van der Waals surface area contributed by atoms with Crippen LogP contribution in [0.15, 0.2) is 58.8 Å². The second kappa shape index (κ2) is 19.1. The fourth-order valence-electron chi connectivity index (χ4n) is 5.11. The zero-order valence-corrected chi connectivity index (χ0v) is 29.2. The number of carboxylic acid groups (broad SMARTS) is 1. The molecule has 0 aliphatic heterocycles. The van der Waals surface area contributed by atoms with E-state index in [2.05, 4.69) is 20.1 Å². The molecule has 0 saturated heterocycles. The Morgan fingerprint density at radius 2 is 1.68 bits per heavy atom. The fraction of sp³-hybridized carbons (Fsp3) is 0.394. The van der Waals surface area contributed by atoms with Crippen molar-refractivity contribution in [2.45, 2.75) is 84.3 Å². The van der Waals surface area contributed by atoms with Crippen LogP contribution in [-0.4, -0.2) is 33.4 Å². The molecule has 242 valence electrons. The summed E-state index contributed by atoms with van der Waals surface area (Å²) in [5.41, 5.74) is 23.7. The smallest absolute Gasteiger partial charge is 0.550 e. The molecular weight excluding hydrogens is 616 g/mol. The van der Waals surface area contributed by atoms with Gasteiger partial charge in [-0.2, -0.15) is 0 Å². The van der Waals surface area contributed by atoms with Gasteiger partial charge in [-0.1, -0.05) is 68.3 Å². The van der Waals surface area contributed by atoms with E-state index >= 15 is 0 Å². The minimum atomic E-state index is -1.42. The van der Waals surface area contributed by atoms with E-state index in [0.717, 1.165) is 22.5 Å². The maximum atomic E-state index is 14.1. The number of carbonyl (C=O) groups excluding carboxylic acids is 1. The first-order chi connectivity index (χ1) is 21.9. The molecule has 0 aliphatic rings. The van der Waals surface area contributed by atoms with Crippen LogP contribution < -0.4 is 34.7 Å². The fourth-order valence-corrected chi connectivity index (χ4v) is 5.11. The topological polar surface area (TPSA) is 200 Å². The average Bonchev–Trinajstić information content (AvgIpc) is 2.98. The molecule has 0 radical (unpaired) electrons. The van der Waals surface area contributed by atoms with Crippen LogP contribution in [0.25, 0.3) is 38.1 Å². The van der Waals surface area contributed by atoms with Gasteiger partial charge in [0.25, 0.3) is 0 Å². The van der Waals surface area contributed by atoms with Crippen LogP contribution in [0.2, 0.25) is 0 Å². The van der Waals surface area contributed by atoms with E-state index in [1.807, 2.05) is 27.7 Å². The molecule has 0 aliphatic carbocycles. The monoisotopic (exact) mass is 653 g/mol. The molecule has 0 saturated carbocycles. The number of aliphatic carboxylic acids is 1. The first-order valence-corrected chi connectivity index (χ1v) is 14.8. The molecule has 0 spiro atoms. The molecule has 1 aromatic heterocycles. The summed E-state index contributed by atoms with van der Waals surface area (Å²) in [6.07, 6.45) is -0.106. The standard InChI is InChI=1S/C33H38FN7O5.Na/c1-19(2)32-28(10-9-26(42)14-27(43)15-30(44)45)31(23-5-7-24(34)8-6-23)29(33(38-32)20(3)4)18-46-17-22-11-21(16-37-40-35)12-25(13-22)39-41-36;/h5-13,19-20,26-27,42-43H,14-18H2,1-4H3,(H,44,45);/q;+1/p-1/b10-9+;/t26-,27-;/m1./s1. The maximum absolute atomic E-state index is 14.1. The predicted octanol–water partition coefficient (Wildman–Crippen LogP) is 3.87. The summed E-state index contributed by atoms with van der Waals surface area (Å²) in [6.45, 7) is 8.26. The number of ether oxygens (including phenoxy) is 1. The number of aromatic nitrogens is 1. The van der Waals surface area contributed by atoms with Gasteiger partial charge in [0.15, 0.2) is 0 Å². The van der Waals surface area contributed by atoms with Gasteiger partial charge in [0.1, 0.15) is 5.82 Å². The van der Waals surface area contributed by atoms with Gasteiger partial charge in [0, 0.05) is 51.1 Å². The first kappa shape index (κ1) is 39.4. The molecule has 1 heterocycles. The van der Waals surface area contributed by atoms with Crippen LogP contribution in [0.3, 0.4) is 0 Å². The molecule has 3 rings (SSSR count). The predicted molar refractivity (Wildman–Crippen MR) is 170 cm³/mol. The number of aliphatic hydroxyl groups excluding tert-OH is 2. The van der Waals surface area contributed by atoms with Gasteiger partial charge in [-0.3, -0.25) is 4.98 Å². The number of aliphatic hydroxyl groups is 2. The molecule has 12 nitrogen and oxygen atoms in total. The Labute approximate surface area is 294 Å². The molecule has 0 bridgehead atoms. The number of pyridine rings is 1. The largest absolute Gasteiger partial charge is 1.00 e. The van der Waals surface area contributed by atoms with E-state index in [-0.39, 0.29) is 67.6 Å². The minimum absolute atomic E-state index is 0. The van der Waals surface area contributed by atoms with Gasteiger partial charge < -0.3 is 24.9 Å². The third-order valence-electron chi connectivity index (χ3n) is 7.05. The number of hydrogen-bond donors (Lipinski definition) is 2. The summed E-state index contributed by atoms with van der Waals surface area (Å²) in [4.78, 5) is 21.5. The van der Waals surface area contributed by atoms with Crippen molar-refractivity contribution in [3.8, 4) is 11.1 Å². The van der Waals surface area contributed by atoms with Crippen molar-refractivity contribution in [2.75, 3.05) is 0 Å². The summed E-state index contributed by atoms with van der Waals surface area (Å²) in [6, 6.07) is 11.1. The maximum Gasteiger partial charge on any atom is 1.00 e. The summed E-state index contributed by atoms with van der Waals surface area (Å²) in [5.74, 6) is -1.90. The van der Waals surface area contributed by atoms with Gasteiger partial charge >= 0.3 is 29.6 Å². The Bertz CT molecular complexity index is 1650. The van der Waals surface area contributed by atoms with Crippen molar-refractivity contribution >= 4 is 17.7 Å². The molecule has 47 heavy (non-hydrogen) atoms. The molecule has 0 amide bonds. The quantitative estimate of drug-likeness (QED) is 0.102. The molecule has 14 heteroatoms. The van der Waals surface area contributed by atoms with Crippen LogP contribution in [-0.2, 0) is 29.3 Å². The number of rotatable bonds is 16. The molecule has 2 aromatic carbocycles. The van der Waals surface area contributed by atoms with Crippen LogP contribution in [0.5, 0.6) is 0 Å². The number of carbonyl (C=O) groups is 1. The third kappa shape index (κ3) is 11.8. The van der Waals surface area contributed by atoms with E-state index in [0.29, 0.717) is 27.9 Å². The molecule has 2 N–H and O–H groups in total. The Hall–Kier alpha value is -3.77. The van der Waals surface area contributed by atoms with E-state index < -0.39 is 30.4 Å². The second-order valence-corrected chi connectivity index (χ2v) is 11.4. The third-order valence-corrected chi connectivity index (χ3v) is 7.05. The molecule has 0 unspecified atom stereocenters. The molecule has 0 fully saturated rings. The van der Waals surface area contributed by atoms with E-state index in [1.165, 1.54) is 18.2 Å². The Morgan fingerprint density at radius 1 is 1.02 bits per heavy atom. The molecular formula is C33H37FN7NaO5. The number of azide groups is 2. The normalized spacial score (nSPS) is 12.4. The van der Waals surface area contributed by atoms with Crippen molar-refractivity contribution in [3.63, 3.8) is 0 Å². The van der Waals surface area contributed by atoms with E-state index in [1.54, 1.807) is 36.4 Å². The van der Waals surface area contributed by atoms with Gasteiger partial charge in [-0.05, 0) is 69.4 Å². The molecule has 3 aromatic rings. The Kier molecular flexibility index (Phi) is 16.1. The number of benzene rings is 2. The molecule has 2 atom stereocenters. The summed E-state index contributed by atoms with van der Waals surface area (Å²) >= 11 is 0. The number of halogens is 1. The second-order valence-electron chi connectivity index (χ2n) is 11.4. The van der Waals surface area contributed by atoms with Crippen LogP contribution in [0.1, 0.15) is 86.0 Å². The summed E-state index contributed by atoms with van der Waals surface area (Å²) in [5, 5.41) is 38.8. The van der Waals surface area contributed by atoms with E-state index in [4.69, 9.17) is 20.8 Å². The van der Waals surface area contributed by atoms with Gasteiger partial charge in [-0.25, -0.2) is 4.39 Å². The van der Waals surface area contributed by atoms with Crippen LogP contribution in [0.4, 0.5) is 10.1 Å². The first-order valence-electron chi connectivity index (χ1n) is 14.8. The van der Waals surface area contributed by atoms with Crippen LogP contribution in [0, 0.1) is 5.82 Å². The number of carboxylic acids is 1. The van der Waals surface area contributed by atoms with Gasteiger partial charge in [-0.15, -0.1) is 0 Å². The van der Waals surface area contributed by atoms with Gasteiger partial charge in [0.05, 0.1) is 37.7 Å². The summed E-state index contributed by atoms with van der Waals surface area (Å²) < 4.78 is 20.3. The van der Waals surface area contributed by atoms with Crippen molar-refractivity contribution < 1.29 is 58.8 Å². The zero-order chi connectivity index (χ0) is 33.8. The van der Waals surface area contributed by atoms with Crippen molar-refractivity contribution in [1.29, 1.82) is 0 Å². The van der Waals surface area contributed by atoms with Crippen LogP contribution >= 0.6 is 0 Å². The van der Waals surface area contributed by atoms with Gasteiger partial charge in [0.2, 0.25) is 0 Å². The minimum Gasteiger partial charge on any atom is -0.550 e. The average molecular weight is 654 g/mol. The zero-order valence-electron chi connectivity index (χ0n) is 27.2. The number of hydrogen-bond acceptors (Lipinski definition) is 8. The Balaban J connectivity index is 0.00000768. The Morgan fingerprint density at radius 3 is 2.28 bits per heavy atom. The number of nitrogens with zero attached hydrogens (tertiary/aromatic N) is 7. The van der Waals surface area contributed by atoms with Crippen molar-refractivity contribution in [1.82, 2.24) is 4.98 Å². The van der Waals surface area contributed by atoms with E-state index in [9.17, 15) is 24.5 Å². The van der Waals surface area contributed by atoms with Crippen molar-refractivity contribution in [3.05, 3.63) is 109 Å².